The molecule has 1 saturated carbocycles. The monoisotopic (exact) mass is 315 g/mol. The molecule has 0 radical (unpaired) electrons. The number of benzene rings is 1. The van der Waals surface area contributed by atoms with Crippen molar-refractivity contribution in [3.05, 3.63) is 29.3 Å². The quantitative estimate of drug-likeness (QED) is 0.799. The Morgan fingerprint density at radius 2 is 1.78 bits per heavy atom. The molecule has 1 saturated heterocycles. The van der Waals surface area contributed by atoms with Crippen molar-refractivity contribution < 1.29 is 9.59 Å². The molecule has 1 aromatic carbocycles. The summed E-state index contributed by atoms with van der Waals surface area (Å²) >= 11 is 0. The predicted octanol–water partition coefficient (Wildman–Crippen LogP) is 2.03. The van der Waals surface area contributed by atoms with Gasteiger partial charge in [0.1, 0.15) is 0 Å². The minimum Gasteiger partial charge on any atom is -0.350 e. The lowest BCUT2D eigenvalue weighted by molar-refractivity contribution is -0.129. The van der Waals surface area contributed by atoms with Crippen molar-refractivity contribution in [2.75, 3.05) is 5.32 Å². The van der Waals surface area contributed by atoms with Crippen LogP contribution in [0.5, 0.6) is 0 Å². The Morgan fingerprint density at radius 3 is 2.48 bits per heavy atom. The van der Waals surface area contributed by atoms with Crippen LogP contribution in [0, 0.1) is 13.8 Å². The molecule has 2 aliphatic rings. The van der Waals surface area contributed by atoms with E-state index in [0.29, 0.717) is 6.04 Å². The summed E-state index contributed by atoms with van der Waals surface area (Å²) in [6.07, 6.45) is 4.62. The molecule has 124 valence electrons. The topological polar surface area (TPSA) is 70.2 Å². The SMILES string of the molecule is Cc1cc(C)cc(NC(=O)C[C@H]2N[C@H]3CCCC[C@H]3NC2=O)c1. The van der Waals surface area contributed by atoms with Gasteiger partial charge in [0.05, 0.1) is 12.5 Å². The summed E-state index contributed by atoms with van der Waals surface area (Å²) in [4.78, 5) is 24.5. The van der Waals surface area contributed by atoms with Crippen LogP contribution in [-0.4, -0.2) is 29.9 Å². The minimum absolute atomic E-state index is 0.0521. The zero-order valence-corrected chi connectivity index (χ0v) is 13.8. The first kappa shape index (κ1) is 16.0. The van der Waals surface area contributed by atoms with Gasteiger partial charge in [0.25, 0.3) is 0 Å². The van der Waals surface area contributed by atoms with E-state index in [2.05, 4.69) is 22.0 Å². The highest BCUT2D eigenvalue weighted by atomic mass is 16.2. The first-order valence-corrected chi connectivity index (χ1v) is 8.46. The van der Waals surface area contributed by atoms with Crippen LogP contribution in [0.4, 0.5) is 5.69 Å². The van der Waals surface area contributed by atoms with E-state index in [4.69, 9.17) is 0 Å². The molecule has 1 aliphatic heterocycles. The zero-order chi connectivity index (χ0) is 16.4. The van der Waals surface area contributed by atoms with E-state index in [0.717, 1.165) is 29.7 Å². The molecule has 5 nitrogen and oxygen atoms in total. The highest BCUT2D eigenvalue weighted by Crippen LogP contribution is 2.22. The lowest BCUT2D eigenvalue weighted by Crippen LogP contribution is -2.65. The molecule has 23 heavy (non-hydrogen) atoms. The van der Waals surface area contributed by atoms with Crippen LogP contribution in [0.3, 0.4) is 0 Å². The second-order valence-electron chi connectivity index (χ2n) is 6.85. The molecule has 1 aliphatic carbocycles. The molecule has 2 amide bonds. The molecule has 3 rings (SSSR count). The molecule has 0 bridgehead atoms. The number of fused-ring (bicyclic) bond motifs is 1. The molecule has 1 heterocycles. The van der Waals surface area contributed by atoms with Crippen molar-refractivity contribution in [2.24, 2.45) is 0 Å². The largest absolute Gasteiger partial charge is 0.350 e. The van der Waals surface area contributed by atoms with Crippen LogP contribution in [0.25, 0.3) is 0 Å². The third-order valence-electron chi connectivity index (χ3n) is 4.72. The lowest BCUT2D eigenvalue weighted by atomic mass is 9.87. The number of hydrogen-bond acceptors (Lipinski definition) is 3. The van der Waals surface area contributed by atoms with Crippen LogP contribution < -0.4 is 16.0 Å². The first-order chi connectivity index (χ1) is 11.0. The van der Waals surface area contributed by atoms with Gasteiger partial charge in [-0.05, 0) is 49.9 Å². The second-order valence-corrected chi connectivity index (χ2v) is 6.85. The van der Waals surface area contributed by atoms with Gasteiger partial charge < -0.3 is 16.0 Å². The highest BCUT2D eigenvalue weighted by molar-refractivity contribution is 5.95. The summed E-state index contributed by atoms with van der Waals surface area (Å²) in [7, 11) is 0. The first-order valence-electron chi connectivity index (χ1n) is 8.46. The molecule has 3 N–H and O–H groups in total. The summed E-state index contributed by atoms with van der Waals surface area (Å²) in [5.41, 5.74) is 3.01. The Morgan fingerprint density at radius 1 is 1.13 bits per heavy atom. The molecule has 0 spiro atoms. The van der Waals surface area contributed by atoms with Gasteiger partial charge in [-0.2, -0.15) is 0 Å². The zero-order valence-electron chi connectivity index (χ0n) is 13.8. The molecule has 0 unspecified atom stereocenters. The molecular weight excluding hydrogens is 290 g/mol. The normalized spacial score (nSPS) is 27.0. The van der Waals surface area contributed by atoms with Crippen molar-refractivity contribution in [1.29, 1.82) is 0 Å². The molecule has 2 fully saturated rings. The summed E-state index contributed by atoms with van der Waals surface area (Å²) in [5.74, 6) is -0.180. The average molecular weight is 315 g/mol. The molecule has 5 heteroatoms. The van der Waals surface area contributed by atoms with Crippen LogP contribution >= 0.6 is 0 Å². The van der Waals surface area contributed by atoms with Crippen molar-refractivity contribution in [2.45, 2.75) is 64.1 Å². The van der Waals surface area contributed by atoms with Gasteiger partial charge in [-0.15, -0.1) is 0 Å². The van der Waals surface area contributed by atoms with E-state index in [-0.39, 0.29) is 24.3 Å². The van der Waals surface area contributed by atoms with E-state index in [1.54, 1.807) is 0 Å². The number of carbonyl (C=O) groups is 2. The maximum Gasteiger partial charge on any atom is 0.237 e. The average Bonchev–Trinajstić information content (AvgIpc) is 2.46. The number of piperazine rings is 1. The third-order valence-corrected chi connectivity index (χ3v) is 4.72. The number of rotatable bonds is 3. The Kier molecular flexibility index (Phi) is 4.66. The predicted molar refractivity (Wildman–Crippen MR) is 90.3 cm³/mol. The summed E-state index contributed by atoms with van der Waals surface area (Å²) < 4.78 is 0. The fraction of sp³-hybridized carbons (Fsp3) is 0.556. The van der Waals surface area contributed by atoms with Crippen molar-refractivity contribution in [3.8, 4) is 0 Å². The van der Waals surface area contributed by atoms with Crippen LogP contribution in [0.1, 0.15) is 43.2 Å². The molecule has 1 aromatic rings. The number of hydrogen-bond donors (Lipinski definition) is 3. The van der Waals surface area contributed by atoms with Gasteiger partial charge >= 0.3 is 0 Å². The molecule has 0 aromatic heterocycles. The Bertz CT molecular complexity index is 594. The van der Waals surface area contributed by atoms with Gasteiger partial charge in [0, 0.05) is 17.8 Å². The number of carbonyl (C=O) groups excluding carboxylic acids is 2. The number of aryl methyl sites for hydroxylation is 2. The number of nitrogens with one attached hydrogen (secondary N) is 3. The van der Waals surface area contributed by atoms with Crippen molar-refractivity contribution in [1.82, 2.24) is 10.6 Å². The highest BCUT2D eigenvalue weighted by Gasteiger charge is 2.36. The Labute approximate surface area is 137 Å². The van der Waals surface area contributed by atoms with Crippen molar-refractivity contribution in [3.63, 3.8) is 0 Å². The molecular formula is C18H25N3O2. The van der Waals surface area contributed by atoms with Crippen LogP contribution in [0.15, 0.2) is 18.2 Å². The summed E-state index contributed by atoms with van der Waals surface area (Å²) in [5, 5.41) is 9.35. The lowest BCUT2D eigenvalue weighted by Gasteiger charge is -2.40. The standard InChI is InChI=1S/C18H25N3O2/c1-11-7-12(2)9-13(8-11)19-17(22)10-16-18(23)21-15-6-4-3-5-14(15)20-16/h7-9,14-16,20H,3-6,10H2,1-2H3,(H,19,22)(H,21,23)/t14-,15+,16+/m0/s1. The van der Waals surface area contributed by atoms with Gasteiger partial charge in [-0.1, -0.05) is 18.9 Å². The minimum atomic E-state index is -0.430. The van der Waals surface area contributed by atoms with Gasteiger partial charge in [0.2, 0.25) is 11.8 Å². The van der Waals surface area contributed by atoms with Gasteiger partial charge in [0.15, 0.2) is 0 Å². The number of anilines is 1. The van der Waals surface area contributed by atoms with E-state index < -0.39 is 6.04 Å². The maximum atomic E-state index is 12.3. The maximum absolute atomic E-state index is 12.3. The van der Waals surface area contributed by atoms with Crippen LogP contribution in [-0.2, 0) is 9.59 Å². The van der Waals surface area contributed by atoms with E-state index in [9.17, 15) is 9.59 Å². The van der Waals surface area contributed by atoms with Gasteiger partial charge in [-0.25, -0.2) is 0 Å². The van der Waals surface area contributed by atoms with E-state index in [1.165, 1.54) is 12.8 Å². The summed E-state index contributed by atoms with van der Waals surface area (Å²) in [6, 6.07) is 6.05. The van der Waals surface area contributed by atoms with E-state index in [1.807, 2.05) is 26.0 Å². The summed E-state index contributed by atoms with van der Waals surface area (Å²) in [6.45, 7) is 4.00. The molecule has 3 atom stereocenters. The smallest absolute Gasteiger partial charge is 0.237 e. The fourth-order valence-corrected chi connectivity index (χ4v) is 3.72. The number of amides is 2. The van der Waals surface area contributed by atoms with Crippen LogP contribution in [0.2, 0.25) is 0 Å². The second kappa shape index (κ2) is 6.71. The van der Waals surface area contributed by atoms with Gasteiger partial charge in [-0.3, -0.25) is 9.59 Å². The van der Waals surface area contributed by atoms with Crippen molar-refractivity contribution >= 4 is 17.5 Å². The Balaban J connectivity index is 1.59. The van der Waals surface area contributed by atoms with E-state index >= 15 is 0 Å². The third kappa shape index (κ3) is 3.91. The Hall–Kier alpha value is -1.88. The fourth-order valence-electron chi connectivity index (χ4n) is 3.72.